The summed E-state index contributed by atoms with van der Waals surface area (Å²) >= 11 is 12.4. The number of unbranched alkanes of at least 4 members (excludes halogenated alkanes) is 3. The number of aromatic nitrogens is 1. The van der Waals surface area contributed by atoms with Gasteiger partial charge in [-0.25, -0.2) is 0 Å². The molecule has 0 radical (unpaired) electrons. The Morgan fingerprint density at radius 2 is 1.69 bits per heavy atom. The summed E-state index contributed by atoms with van der Waals surface area (Å²) in [7, 11) is 0. The molecule has 0 aliphatic heterocycles. The summed E-state index contributed by atoms with van der Waals surface area (Å²) in [5.41, 5.74) is 9.01. The zero-order valence-electron chi connectivity index (χ0n) is 20.5. The molecule has 1 atom stereocenters. The number of hydrogen-bond donors (Lipinski definition) is 2. The smallest absolute Gasteiger partial charge is 0.0918 e. The van der Waals surface area contributed by atoms with Crippen molar-refractivity contribution in [3.8, 4) is 0 Å². The first-order chi connectivity index (χ1) is 17.5. The van der Waals surface area contributed by atoms with Crippen LogP contribution in [0.5, 0.6) is 0 Å². The highest BCUT2D eigenvalue weighted by Gasteiger charge is 2.16. The zero-order valence-corrected chi connectivity index (χ0v) is 22.0. The fourth-order valence-electron chi connectivity index (χ4n) is 3.91. The van der Waals surface area contributed by atoms with Crippen molar-refractivity contribution in [2.24, 2.45) is 0 Å². The van der Waals surface area contributed by atoms with E-state index in [1.807, 2.05) is 48.6 Å². The van der Waals surface area contributed by atoms with E-state index in [1.54, 1.807) is 18.3 Å². The Balaban J connectivity index is 1.40. The second-order valence-electron chi connectivity index (χ2n) is 8.78. The van der Waals surface area contributed by atoms with E-state index in [0.717, 1.165) is 51.1 Å². The summed E-state index contributed by atoms with van der Waals surface area (Å²) in [6, 6.07) is 19.5. The number of pyridine rings is 1. The number of anilines is 1. The van der Waals surface area contributed by atoms with E-state index >= 15 is 0 Å². The van der Waals surface area contributed by atoms with Crippen LogP contribution in [0.25, 0.3) is 6.08 Å². The van der Waals surface area contributed by atoms with Crippen molar-refractivity contribution >= 4 is 35.0 Å². The Morgan fingerprint density at radius 3 is 2.42 bits per heavy atom. The van der Waals surface area contributed by atoms with Crippen molar-refractivity contribution in [2.45, 2.75) is 38.3 Å². The van der Waals surface area contributed by atoms with Crippen LogP contribution in [0.4, 0.5) is 5.69 Å². The van der Waals surface area contributed by atoms with Gasteiger partial charge in [0, 0.05) is 25.9 Å². The highest BCUT2D eigenvalue weighted by atomic mass is 35.5. The number of nitrogens with two attached hydrogens (primary N) is 1. The number of nitrogens with zero attached hydrogens (tertiary/aromatic N) is 2. The molecule has 0 aliphatic rings. The number of ether oxygens (including phenoxy) is 1. The van der Waals surface area contributed by atoms with E-state index in [2.05, 4.69) is 22.0 Å². The molecule has 3 rings (SSSR count). The molecule has 1 heterocycles. The molecule has 0 aliphatic carbocycles. The van der Waals surface area contributed by atoms with E-state index in [-0.39, 0.29) is 0 Å². The molecule has 0 spiro atoms. The minimum absolute atomic E-state index is 0.337. The molecular formula is C29H35Cl2N3O2. The second-order valence-corrected chi connectivity index (χ2v) is 9.60. The first-order valence-corrected chi connectivity index (χ1v) is 13.1. The van der Waals surface area contributed by atoms with Gasteiger partial charge in [-0.3, -0.25) is 9.88 Å². The molecule has 0 amide bonds. The maximum atomic E-state index is 10.9. The van der Waals surface area contributed by atoms with Crippen molar-refractivity contribution in [1.82, 2.24) is 9.88 Å². The highest BCUT2D eigenvalue weighted by molar-refractivity contribution is 6.38. The van der Waals surface area contributed by atoms with Crippen molar-refractivity contribution < 1.29 is 9.84 Å². The van der Waals surface area contributed by atoms with Crippen LogP contribution in [0.15, 0.2) is 72.9 Å². The molecule has 3 N–H and O–H groups in total. The molecule has 1 unspecified atom stereocenters. The summed E-state index contributed by atoms with van der Waals surface area (Å²) in [5.74, 6) is 0. The summed E-state index contributed by atoms with van der Waals surface area (Å²) in [6.45, 7) is 3.48. The van der Waals surface area contributed by atoms with Crippen LogP contribution >= 0.6 is 23.2 Å². The Labute approximate surface area is 224 Å². The number of rotatable bonds is 15. The minimum Gasteiger partial charge on any atom is -0.396 e. The van der Waals surface area contributed by atoms with E-state index in [4.69, 9.17) is 33.7 Å². The maximum Gasteiger partial charge on any atom is 0.0918 e. The first-order valence-electron chi connectivity index (χ1n) is 12.4. The minimum atomic E-state index is -0.711. The lowest BCUT2D eigenvalue weighted by atomic mass is 10.1. The van der Waals surface area contributed by atoms with Crippen molar-refractivity contribution in [2.75, 3.05) is 32.0 Å². The third-order valence-electron chi connectivity index (χ3n) is 5.87. The number of aliphatic hydroxyl groups excluding tert-OH is 1. The fraction of sp³-hybridized carbons (Fsp3) is 0.345. The Hall–Kier alpha value is -2.41. The Bertz CT molecular complexity index is 1040. The van der Waals surface area contributed by atoms with Gasteiger partial charge in [0.25, 0.3) is 0 Å². The van der Waals surface area contributed by atoms with Gasteiger partial charge in [0.1, 0.15) is 0 Å². The predicted octanol–water partition coefficient (Wildman–Crippen LogP) is 6.80. The van der Waals surface area contributed by atoms with Crippen molar-refractivity contribution in [1.29, 1.82) is 0 Å². The molecule has 0 saturated carbocycles. The molecule has 1 aromatic heterocycles. The molecule has 3 aromatic rings. The molecule has 0 fully saturated rings. The fourth-order valence-corrected chi connectivity index (χ4v) is 4.41. The van der Waals surface area contributed by atoms with Crippen LogP contribution < -0.4 is 5.73 Å². The molecule has 0 saturated heterocycles. The number of benzene rings is 2. The predicted molar refractivity (Wildman–Crippen MR) is 150 cm³/mol. The zero-order chi connectivity index (χ0) is 25.6. The monoisotopic (exact) mass is 527 g/mol. The van der Waals surface area contributed by atoms with Gasteiger partial charge in [0.05, 0.1) is 34.1 Å². The molecule has 2 aromatic carbocycles. The third-order valence-corrected chi connectivity index (χ3v) is 6.50. The Kier molecular flexibility index (Phi) is 12.2. The summed E-state index contributed by atoms with van der Waals surface area (Å²) in [5, 5.41) is 11.6. The van der Waals surface area contributed by atoms with Crippen LogP contribution in [0, 0.1) is 0 Å². The van der Waals surface area contributed by atoms with Crippen LogP contribution in [0.2, 0.25) is 10.0 Å². The first kappa shape index (κ1) is 28.2. The van der Waals surface area contributed by atoms with Gasteiger partial charge in [-0.1, -0.05) is 78.5 Å². The van der Waals surface area contributed by atoms with Gasteiger partial charge in [0.15, 0.2) is 0 Å². The van der Waals surface area contributed by atoms with Gasteiger partial charge in [-0.2, -0.15) is 0 Å². The number of nitrogen functional groups attached to an aromatic ring is 1. The standard InChI is InChI=1S/C29H35Cl2N3O2/c30-26-19-24(20-27(31)29(26)32)28(35)22-34(21-23-11-4-3-5-12-23)16-8-1-2-9-17-36-18-10-14-25-13-6-7-15-33-25/h3-7,10-15,19-20,28,35H,1-2,8-9,16-18,21-22,32H2/b14-10-. The van der Waals surface area contributed by atoms with Crippen LogP contribution in [0.3, 0.4) is 0 Å². The average Bonchev–Trinajstić information content (AvgIpc) is 2.89. The number of halogens is 2. The quantitative estimate of drug-likeness (QED) is 0.168. The van der Waals surface area contributed by atoms with E-state index in [0.29, 0.717) is 34.4 Å². The average molecular weight is 529 g/mol. The molecule has 36 heavy (non-hydrogen) atoms. The number of hydrogen-bond acceptors (Lipinski definition) is 5. The van der Waals surface area contributed by atoms with Gasteiger partial charge in [-0.05, 0) is 60.9 Å². The lowest BCUT2D eigenvalue weighted by molar-refractivity contribution is 0.107. The molecule has 7 heteroatoms. The molecular weight excluding hydrogens is 493 g/mol. The van der Waals surface area contributed by atoms with Gasteiger partial charge in [-0.15, -0.1) is 0 Å². The summed E-state index contributed by atoms with van der Waals surface area (Å²) in [4.78, 5) is 6.53. The number of aliphatic hydroxyl groups is 1. The topological polar surface area (TPSA) is 71.6 Å². The molecule has 0 bridgehead atoms. The summed E-state index contributed by atoms with van der Waals surface area (Å²) in [6.07, 6.45) is 9.33. The molecule has 192 valence electrons. The second kappa shape index (κ2) is 15.6. The van der Waals surface area contributed by atoms with Crippen LogP contribution in [-0.4, -0.2) is 41.3 Å². The highest BCUT2D eigenvalue weighted by Crippen LogP contribution is 2.31. The lowest BCUT2D eigenvalue weighted by Crippen LogP contribution is -2.29. The Morgan fingerprint density at radius 1 is 0.972 bits per heavy atom. The van der Waals surface area contributed by atoms with Crippen molar-refractivity contribution in [3.05, 3.63) is 99.8 Å². The van der Waals surface area contributed by atoms with Crippen LogP contribution in [-0.2, 0) is 11.3 Å². The maximum absolute atomic E-state index is 10.9. The van der Waals surface area contributed by atoms with Crippen molar-refractivity contribution in [3.63, 3.8) is 0 Å². The van der Waals surface area contributed by atoms with Gasteiger partial charge >= 0.3 is 0 Å². The normalized spacial score (nSPS) is 12.4. The van der Waals surface area contributed by atoms with E-state index in [9.17, 15) is 5.11 Å². The van der Waals surface area contributed by atoms with Crippen LogP contribution in [0.1, 0.15) is 48.6 Å². The molecule has 5 nitrogen and oxygen atoms in total. The third kappa shape index (κ3) is 9.92. The van der Waals surface area contributed by atoms with E-state index < -0.39 is 6.10 Å². The SMILES string of the molecule is Nc1c(Cl)cc(C(O)CN(CCCCCCOC/C=C\c2ccccn2)Cc2ccccc2)cc1Cl. The largest absolute Gasteiger partial charge is 0.396 e. The van der Waals surface area contributed by atoms with E-state index in [1.165, 1.54) is 5.56 Å². The summed E-state index contributed by atoms with van der Waals surface area (Å²) < 4.78 is 5.70. The lowest BCUT2D eigenvalue weighted by Gasteiger charge is -2.26. The van der Waals surface area contributed by atoms with Gasteiger partial charge in [0.2, 0.25) is 0 Å². The van der Waals surface area contributed by atoms with Gasteiger partial charge < -0.3 is 15.6 Å².